The van der Waals surface area contributed by atoms with Gasteiger partial charge in [-0.2, -0.15) is 0 Å². The first-order chi connectivity index (χ1) is 8.33. The van der Waals surface area contributed by atoms with Gasteiger partial charge < -0.3 is 10.2 Å². The van der Waals surface area contributed by atoms with E-state index in [-0.39, 0.29) is 5.92 Å². The Hall–Kier alpha value is -1.68. The van der Waals surface area contributed by atoms with Gasteiger partial charge in [0.25, 0.3) is 0 Å². The van der Waals surface area contributed by atoms with Crippen LogP contribution >= 0.6 is 0 Å². The summed E-state index contributed by atoms with van der Waals surface area (Å²) in [7, 11) is 0. The predicted octanol–water partition coefficient (Wildman–Crippen LogP) is 1.92. The van der Waals surface area contributed by atoms with Crippen LogP contribution in [0, 0.1) is 0 Å². The van der Waals surface area contributed by atoms with Crippen LogP contribution in [-0.2, 0) is 12.8 Å². The predicted molar refractivity (Wildman–Crippen MR) is 65.6 cm³/mol. The van der Waals surface area contributed by atoms with Crippen LogP contribution in [0.4, 0.5) is 0 Å². The number of nitrogens with two attached hydrogens (primary N) is 1. The Morgan fingerprint density at radius 1 is 1.24 bits per heavy atom. The molecule has 0 amide bonds. The first kappa shape index (κ1) is 11.8. The summed E-state index contributed by atoms with van der Waals surface area (Å²) < 4.78 is 5.56. The lowest BCUT2D eigenvalue weighted by Gasteiger charge is -2.09. The number of nitrogens with zero attached hydrogens (tertiary/aromatic N) is 2. The van der Waals surface area contributed by atoms with Crippen molar-refractivity contribution in [2.24, 2.45) is 5.73 Å². The van der Waals surface area contributed by atoms with Crippen LogP contribution in [0.1, 0.15) is 30.2 Å². The lowest BCUT2D eigenvalue weighted by atomic mass is 9.99. The van der Waals surface area contributed by atoms with Crippen LogP contribution in [0.3, 0.4) is 0 Å². The maximum absolute atomic E-state index is 5.78. The Kier molecular flexibility index (Phi) is 3.88. The molecule has 2 aromatic rings. The first-order valence-corrected chi connectivity index (χ1v) is 5.89. The van der Waals surface area contributed by atoms with Crippen LogP contribution in [0.15, 0.2) is 34.7 Å². The van der Waals surface area contributed by atoms with Crippen molar-refractivity contribution < 1.29 is 4.42 Å². The average Bonchev–Trinajstić information content (AvgIpc) is 2.86. The van der Waals surface area contributed by atoms with E-state index in [9.17, 15) is 0 Å². The summed E-state index contributed by atoms with van der Waals surface area (Å²) in [5, 5.41) is 8.03. The van der Waals surface area contributed by atoms with Crippen molar-refractivity contribution >= 4 is 0 Å². The molecule has 90 valence electrons. The fourth-order valence-corrected chi connectivity index (χ4v) is 1.74. The summed E-state index contributed by atoms with van der Waals surface area (Å²) in [4.78, 5) is 0. The molecule has 1 heterocycles. The Morgan fingerprint density at radius 2 is 2.00 bits per heavy atom. The standard InChI is InChI=1S/C13H17N3O/c1-2-12-15-16-13(17-12)11(9-14)8-10-6-4-3-5-7-10/h3-7,11H,2,8-9,14H2,1H3. The van der Waals surface area contributed by atoms with Crippen LogP contribution in [0.2, 0.25) is 0 Å². The highest BCUT2D eigenvalue weighted by Crippen LogP contribution is 2.18. The fraction of sp³-hybridized carbons (Fsp3) is 0.385. The van der Waals surface area contributed by atoms with Crippen molar-refractivity contribution in [1.82, 2.24) is 10.2 Å². The molecule has 1 aromatic carbocycles. The second-order valence-corrected chi connectivity index (χ2v) is 4.01. The van der Waals surface area contributed by atoms with E-state index >= 15 is 0 Å². The minimum Gasteiger partial charge on any atom is -0.425 e. The van der Waals surface area contributed by atoms with E-state index < -0.39 is 0 Å². The molecule has 0 spiro atoms. The van der Waals surface area contributed by atoms with Crippen molar-refractivity contribution in [1.29, 1.82) is 0 Å². The molecule has 2 rings (SSSR count). The maximum Gasteiger partial charge on any atom is 0.221 e. The van der Waals surface area contributed by atoms with Crippen LogP contribution in [-0.4, -0.2) is 16.7 Å². The Bertz CT molecular complexity index is 453. The lowest BCUT2D eigenvalue weighted by molar-refractivity contribution is 0.417. The Labute approximate surface area is 101 Å². The summed E-state index contributed by atoms with van der Waals surface area (Å²) in [5.74, 6) is 1.42. The SMILES string of the molecule is CCc1nnc(C(CN)Cc2ccccc2)o1. The first-order valence-electron chi connectivity index (χ1n) is 5.89. The Balaban J connectivity index is 2.11. The molecule has 0 saturated heterocycles. The van der Waals surface area contributed by atoms with Gasteiger partial charge in [0.2, 0.25) is 11.8 Å². The Morgan fingerprint density at radius 3 is 2.59 bits per heavy atom. The monoisotopic (exact) mass is 231 g/mol. The van der Waals surface area contributed by atoms with Crippen molar-refractivity contribution in [2.45, 2.75) is 25.7 Å². The summed E-state index contributed by atoms with van der Waals surface area (Å²) in [5.41, 5.74) is 7.01. The number of aromatic nitrogens is 2. The minimum absolute atomic E-state index is 0.102. The van der Waals surface area contributed by atoms with E-state index in [1.165, 1.54) is 5.56 Å². The van der Waals surface area contributed by atoms with E-state index in [2.05, 4.69) is 22.3 Å². The molecule has 0 aliphatic carbocycles. The molecule has 4 heteroatoms. The summed E-state index contributed by atoms with van der Waals surface area (Å²) in [6, 6.07) is 10.2. The highest BCUT2D eigenvalue weighted by molar-refractivity contribution is 5.17. The van der Waals surface area contributed by atoms with Crippen molar-refractivity contribution in [3.8, 4) is 0 Å². The third kappa shape index (κ3) is 2.91. The van der Waals surface area contributed by atoms with E-state index in [0.29, 0.717) is 18.3 Å². The van der Waals surface area contributed by atoms with Gasteiger partial charge >= 0.3 is 0 Å². The van der Waals surface area contributed by atoms with Crippen molar-refractivity contribution in [3.05, 3.63) is 47.7 Å². The zero-order valence-electron chi connectivity index (χ0n) is 9.97. The minimum atomic E-state index is 0.102. The third-order valence-corrected chi connectivity index (χ3v) is 2.74. The van der Waals surface area contributed by atoms with Crippen LogP contribution in [0.25, 0.3) is 0 Å². The van der Waals surface area contributed by atoms with Crippen LogP contribution < -0.4 is 5.73 Å². The molecule has 0 saturated carbocycles. The number of aryl methyl sites for hydroxylation is 1. The normalized spacial score (nSPS) is 12.6. The van der Waals surface area contributed by atoms with Crippen molar-refractivity contribution in [2.75, 3.05) is 6.54 Å². The van der Waals surface area contributed by atoms with Crippen molar-refractivity contribution in [3.63, 3.8) is 0 Å². The molecule has 4 nitrogen and oxygen atoms in total. The molecule has 2 N–H and O–H groups in total. The van der Waals surface area contributed by atoms with Crippen LogP contribution in [0.5, 0.6) is 0 Å². The van der Waals surface area contributed by atoms with E-state index in [1.807, 2.05) is 25.1 Å². The summed E-state index contributed by atoms with van der Waals surface area (Å²) >= 11 is 0. The molecule has 0 bridgehead atoms. The largest absolute Gasteiger partial charge is 0.425 e. The molecule has 1 atom stereocenters. The highest BCUT2D eigenvalue weighted by Gasteiger charge is 2.17. The van der Waals surface area contributed by atoms with Gasteiger partial charge in [0.05, 0.1) is 5.92 Å². The smallest absolute Gasteiger partial charge is 0.221 e. The zero-order chi connectivity index (χ0) is 12.1. The van der Waals surface area contributed by atoms with Gasteiger partial charge in [-0.25, -0.2) is 0 Å². The van der Waals surface area contributed by atoms with Gasteiger partial charge in [-0.1, -0.05) is 37.3 Å². The number of hydrogen-bond acceptors (Lipinski definition) is 4. The molecule has 0 aliphatic rings. The number of rotatable bonds is 5. The maximum atomic E-state index is 5.78. The second kappa shape index (κ2) is 5.59. The molecule has 1 unspecified atom stereocenters. The molecule has 0 aliphatic heterocycles. The van der Waals surface area contributed by atoms with E-state index in [0.717, 1.165) is 12.8 Å². The van der Waals surface area contributed by atoms with Gasteiger partial charge in [-0.3, -0.25) is 0 Å². The topological polar surface area (TPSA) is 64.9 Å². The second-order valence-electron chi connectivity index (χ2n) is 4.01. The lowest BCUT2D eigenvalue weighted by Crippen LogP contribution is -2.15. The number of benzene rings is 1. The van der Waals surface area contributed by atoms with Gasteiger partial charge in [0.1, 0.15) is 0 Å². The quantitative estimate of drug-likeness (QED) is 0.853. The fourth-order valence-electron chi connectivity index (χ4n) is 1.74. The van der Waals surface area contributed by atoms with Gasteiger partial charge in [0, 0.05) is 13.0 Å². The molecule has 1 aromatic heterocycles. The molecular weight excluding hydrogens is 214 g/mol. The van der Waals surface area contributed by atoms with Gasteiger partial charge in [-0.15, -0.1) is 10.2 Å². The summed E-state index contributed by atoms with van der Waals surface area (Å²) in [6.45, 7) is 2.51. The average molecular weight is 231 g/mol. The van der Waals surface area contributed by atoms with Gasteiger partial charge in [-0.05, 0) is 12.0 Å². The highest BCUT2D eigenvalue weighted by atomic mass is 16.4. The number of hydrogen-bond donors (Lipinski definition) is 1. The molecule has 0 fully saturated rings. The molecule has 0 radical (unpaired) electrons. The summed E-state index contributed by atoms with van der Waals surface area (Å²) in [6.07, 6.45) is 1.60. The van der Waals surface area contributed by atoms with Gasteiger partial charge in [0.15, 0.2) is 0 Å². The molecular formula is C13H17N3O. The molecule has 17 heavy (non-hydrogen) atoms. The van der Waals surface area contributed by atoms with E-state index in [1.54, 1.807) is 0 Å². The van der Waals surface area contributed by atoms with E-state index in [4.69, 9.17) is 10.2 Å². The third-order valence-electron chi connectivity index (χ3n) is 2.74. The zero-order valence-corrected chi connectivity index (χ0v) is 9.97.